The summed E-state index contributed by atoms with van der Waals surface area (Å²) in [4.78, 5) is 11.1. The summed E-state index contributed by atoms with van der Waals surface area (Å²) in [5.41, 5.74) is 1.62. The molecule has 0 spiro atoms. The molecule has 1 aromatic carbocycles. The molecule has 0 aliphatic rings. The van der Waals surface area contributed by atoms with Crippen molar-refractivity contribution in [2.24, 2.45) is 0 Å². The minimum absolute atomic E-state index is 0.478. The molecule has 0 heterocycles. The van der Waals surface area contributed by atoms with Gasteiger partial charge < -0.3 is 4.74 Å². The van der Waals surface area contributed by atoms with Crippen LogP contribution in [-0.2, 0) is 9.53 Å². The highest BCUT2D eigenvalue weighted by Crippen LogP contribution is 2.25. The zero-order valence-electron chi connectivity index (χ0n) is 7.88. The maximum absolute atomic E-state index is 11.1. The Labute approximate surface area is 92.8 Å². The summed E-state index contributed by atoms with van der Waals surface area (Å²) >= 11 is 11.7. The second-order valence-corrected chi connectivity index (χ2v) is 3.82. The molecule has 0 aromatic heterocycles. The summed E-state index contributed by atoms with van der Waals surface area (Å²) in [5.74, 6) is -0.478. The Balaban J connectivity index is 3.00. The molecule has 1 unspecified atom stereocenters. The SMILES string of the molecule is COC(=O)C(Cl)c1cc(C)cc(Cl)c1. The van der Waals surface area contributed by atoms with Gasteiger partial charge in [-0.1, -0.05) is 17.7 Å². The van der Waals surface area contributed by atoms with Gasteiger partial charge in [0.2, 0.25) is 0 Å². The molecule has 1 rings (SSSR count). The molecule has 2 nitrogen and oxygen atoms in total. The topological polar surface area (TPSA) is 26.3 Å². The third kappa shape index (κ3) is 2.63. The Hall–Kier alpha value is -0.730. The predicted octanol–water partition coefficient (Wildman–Crippen LogP) is 3.10. The van der Waals surface area contributed by atoms with E-state index in [1.54, 1.807) is 18.2 Å². The molecule has 0 radical (unpaired) electrons. The number of hydrogen-bond donors (Lipinski definition) is 0. The molecule has 0 aliphatic carbocycles. The number of carbonyl (C=O) groups excluding carboxylic acids is 1. The van der Waals surface area contributed by atoms with Crippen LogP contribution in [-0.4, -0.2) is 13.1 Å². The first-order chi connectivity index (χ1) is 6.54. The fourth-order valence-electron chi connectivity index (χ4n) is 1.15. The highest BCUT2D eigenvalue weighted by molar-refractivity contribution is 6.32. The zero-order chi connectivity index (χ0) is 10.7. The Bertz CT molecular complexity index is 330. The molecule has 0 bridgehead atoms. The minimum atomic E-state index is -0.794. The standard InChI is InChI=1S/C10H10Cl2O2/c1-6-3-7(5-8(11)4-6)9(12)10(13)14-2/h3-5,9H,1-2H3. The Kier molecular flexibility index (Phi) is 3.78. The maximum atomic E-state index is 11.1. The van der Waals surface area contributed by atoms with Crippen LogP contribution in [0.15, 0.2) is 18.2 Å². The van der Waals surface area contributed by atoms with Gasteiger partial charge in [0.15, 0.2) is 5.38 Å². The van der Waals surface area contributed by atoms with Gasteiger partial charge in [0.25, 0.3) is 0 Å². The summed E-state index contributed by atoms with van der Waals surface area (Å²) in [6.45, 7) is 1.89. The van der Waals surface area contributed by atoms with E-state index in [1.807, 2.05) is 6.92 Å². The minimum Gasteiger partial charge on any atom is -0.468 e. The smallest absolute Gasteiger partial charge is 0.328 e. The summed E-state index contributed by atoms with van der Waals surface area (Å²) in [6.07, 6.45) is 0. The average molecular weight is 233 g/mol. The summed E-state index contributed by atoms with van der Waals surface area (Å²) < 4.78 is 4.53. The van der Waals surface area contributed by atoms with Gasteiger partial charge in [0.1, 0.15) is 0 Å². The predicted molar refractivity (Wildman–Crippen MR) is 56.8 cm³/mol. The van der Waals surface area contributed by atoms with E-state index in [9.17, 15) is 4.79 Å². The van der Waals surface area contributed by atoms with Gasteiger partial charge in [-0.2, -0.15) is 0 Å². The number of esters is 1. The summed E-state index contributed by atoms with van der Waals surface area (Å²) in [7, 11) is 1.30. The number of hydrogen-bond acceptors (Lipinski definition) is 2. The Morgan fingerprint density at radius 1 is 1.43 bits per heavy atom. The van der Waals surface area contributed by atoms with Gasteiger partial charge in [0, 0.05) is 5.02 Å². The number of rotatable bonds is 2. The van der Waals surface area contributed by atoms with Crippen LogP contribution < -0.4 is 0 Å². The van der Waals surface area contributed by atoms with Crippen LogP contribution in [0.4, 0.5) is 0 Å². The first kappa shape index (κ1) is 11.3. The van der Waals surface area contributed by atoms with Crippen molar-refractivity contribution in [3.05, 3.63) is 34.3 Å². The number of carbonyl (C=O) groups is 1. The van der Waals surface area contributed by atoms with Gasteiger partial charge >= 0.3 is 5.97 Å². The van der Waals surface area contributed by atoms with Crippen molar-refractivity contribution in [3.63, 3.8) is 0 Å². The summed E-state index contributed by atoms with van der Waals surface area (Å²) in [5, 5.41) is -0.230. The third-order valence-electron chi connectivity index (χ3n) is 1.77. The molecule has 0 N–H and O–H groups in total. The van der Waals surface area contributed by atoms with E-state index < -0.39 is 11.3 Å². The highest BCUT2D eigenvalue weighted by atomic mass is 35.5. The van der Waals surface area contributed by atoms with E-state index in [0.717, 1.165) is 5.56 Å². The second kappa shape index (κ2) is 4.67. The second-order valence-electron chi connectivity index (χ2n) is 2.95. The quantitative estimate of drug-likeness (QED) is 0.579. The number of aryl methyl sites for hydroxylation is 1. The zero-order valence-corrected chi connectivity index (χ0v) is 9.39. The number of ether oxygens (including phenoxy) is 1. The molecule has 0 fully saturated rings. The molecule has 1 aromatic rings. The van der Waals surface area contributed by atoms with Crippen LogP contribution in [0.2, 0.25) is 5.02 Å². The van der Waals surface area contributed by atoms with Gasteiger partial charge in [0.05, 0.1) is 7.11 Å². The van der Waals surface area contributed by atoms with Gasteiger partial charge in [-0.25, -0.2) is 0 Å². The van der Waals surface area contributed by atoms with Gasteiger partial charge in [-0.05, 0) is 30.2 Å². The van der Waals surface area contributed by atoms with E-state index in [4.69, 9.17) is 23.2 Å². The van der Waals surface area contributed by atoms with Gasteiger partial charge in [-0.3, -0.25) is 4.79 Å². The van der Waals surface area contributed by atoms with Gasteiger partial charge in [-0.15, -0.1) is 11.6 Å². The van der Waals surface area contributed by atoms with Crippen molar-refractivity contribution in [2.75, 3.05) is 7.11 Å². The molecule has 0 aliphatic heterocycles. The molecule has 1 atom stereocenters. The first-order valence-electron chi connectivity index (χ1n) is 4.03. The number of benzene rings is 1. The van der Waals surface area contributed by atoms with Crippen molar-refractivity contribution >= 4 is 29.2 Å². The van der Waals surface area contributed by atoms with Crippen LogP contribution in [0.3, 0.4) is 0 Å². The molecule has 14 heavy (non-hydrogen) atoms. The molecule has 0 saturated carbocycles. The fourth-order valence-corrected chi connectivity index (χ4v) is 1.66. The third-order valence-corrected chi connectivity index (χ3v) is 2.41. The fraction of sp³-hybridized carbons (Fsp3) is 0.300. The lowest BCUT2D eigenvalue weighted by Gasteiger charge is -2.08. The molecule has 0 saturated heterocycles. The molecule has 0 amide bonds. The van der Waals surface area contributed by atoms with E-state index in [1.165, 1.54) is 7.11 Å². The molecular formula is C10H10Cl2O2. The van der Waals surface area contributed by atoms with E-state index in [2.05, 4.69) is 4.74 Å². The Morgan fingerprint density at radius 3 is 2.57 bits per heavy atom. The lowest BCUT2D eigenvalue weighted by Crippen LogP contribution is -2.08. The van der Waals surface area contributed by atoms with Crippen molar-refractivity contribution in [1.29, 1.82) is 0 Å². The highest BCUT2D eigenvalue weighted by Gasteiger charge is 2.18. The Morgan fingerprint density at radius 2 is 2.07 bits per heavy atom. The maximum Gasteiger partial charge on any atom is 0.328 e. The lowest BCUT2D eigenvalue weighted by molar-refractivity contribution is -0.140. The van der Waals surface area contributed by atoms with E-state index in [0.29, 0.717) is 10.6 Å². The van der Waals surface area contributed by atoms with Crippen LogP contribution in [0.25, 0.3) is 0 Å². The number of halogens is 2. The van der Waals surface area contributed by atoms with Crippen molar-refractivity contribution in [1.82, 2.24) is 0 Å². The lowest BCUT2D eigenvalue weighted by atomic mass is 10.1. The van der Waals surface area contributed by atoms with E-state index >= 15 is 0 Å². The van der Waals surface area contributed by atoms with Crippen LogP contribution in [0.5, 0.6) is 0 Å². The van der Waals surface area contributed by atoms with Crippen molar-refractivity contribution < 1.29 is 9.53 Å². The van der Waals surface area contributed by atoms with Crippen molar-refractivity contribution in [2.45, 2.75) is 12.3 Å². The monoisotopic (exact) mass is 232 g/mol. The van der Waals surface area contributed by atoms with Crippen LogP contribution >= 0.6 is 23.2 Å². The first-order valence-corrected chi connectivity index (χ1v) is 4.85. The number of methoxy groups -OCH3 is 1. The largest absolute Gasteiger partial charge is 0.468 e. The molecule has 4 heteroatoms. The average Bonchev–Trinajstić information content (AvgIpc) is 2.14. The van der Waals surface area contributed by atoms with Crippen molar-refractivity contribution in [3.8, 4) is 0 Å². The molecular weight excluding hydrogens is 223 g/mol. The number of alkyl halides is 1. The van der Waals surface area contributed by atoms with Crippen LogP contribution in [0.1, 0.15) is 16.5 Å². The molecule has 76 valence electrons. The normalized spacial score (nSPS) is 12.3. The van der Waals surface area contributed by atoms with Crippen LogP contribution in [0, 0.1) is 6.92 Å². The van der Waals surface area contributed by atoms with E-state index in [-0.39, 0.29) is 0 Å². The summed E-state index contributed by atoms with van der Waals surface area (Å²) in [6, 6.07) is 5.26.